The molecule has 4 nitrogen and oxygen atoms in total. The first-order valence-corrected chi connectivity index (χ1v) is 4.84. The third kappa shape index (κ3) is 3.01. The number of hydrogen-bond donors (Lipinski definition) is 1. The Morgan fingerprint density at radius 2 is 2.29 bits per heavy atom. The summed E-state index contributed by atoms with van der Waals surface area (Å²) in [6.07, 6.45) is 1.41. The van der Waals surface area contributed by atoms with Crippen molar-refractivity contribution in [3.63, 3.8) is 0 Å². The molecule has 0 aromatic heterocycles. The lowest BCUT2D eigenvalue weighted by molar-refractivity contribution is -0.137. The number of carboxylic acids is 1. The lowest BCUT2D eigenvalue weighted by Crippen LogP contribution is -2.20. The van der Waals surface area contributed by atoms with Crippen molar-refractivity contribution in [3.05, 3.63) is 0 Å². The quantitative estimate of drug-likeness (QED) is 0.756. The number of aliphatic carboxylic acids is 1. The van der Waals surface area contributed by atoms with Gasteiger partial charge in [0.1, 0.15) is 6.10 Å². The SMILES string of the molecule is CC(C)(C)C1=NOC(CCC(=O)O)C1. The molecule has 0 radical (unpaired) electrons. The van der Waals surface area contributed by atoms with Gasteiger partial charge >= 0.3 is 5.97 Å². The topological polar surface area (TPSA) is 58.9 Å². The maximum atomic E-state index is 10.3. The van der Waals surface area contributed by atoms with Gasteiger partial charge < -0.3 is 9.94 Å². The van der Waals surface area contributed by atoms with Crippen molar-refractivity contribution in [1.82, 2.24) is 0 Å². The highest BCUT2D eigenvalue weighted by molar-refractivity contribution is 5.90. The summed E-state index contributed by atoms with van der Waals surface area (Å²) in [7, 11) is 0. The van der Waals surface area contributed by atoms with E-state index in [2.05, 4.69) is 25.9 Å². The molecule has 0 bridgehead atoms. The Bertz CT molecular complexity index is 253. The van der Waals surface area contributed by atoms with Crippen molar-refractivity contribution in [2.24, 2.45) is 10.6 Å². The van der Waals surface area contributed by atoms with Crippen LogP contribution in [0.3, 0.4) is 0 Å². The summed E-state index contributed by atoms with van der Waals surface area (Å²) in [5, 5.41) is 12.5. The smallest absolute Gasteiger partial charge is 0.303 e. The van der Waals surface area contributed by atoms with Crippen molar-refractivity contribution >= 4 is 11.7 Å². The van der Waals surface area contributed by atoms with Gasteiger partial charge in [0.2, 0.25) is 0 Å². The maximum Gasteiger partial charge on any atom is 0.303 e. The van der Waals surface area contributed by atoms with E-state index in [-0.39, 0.29) is 17.9 Å². The van der Waals surface area contributed by atoms with Gasteiger partial charge in [-0.3, -0.25) is 4.79 Å². The van der Waals surface area contributed by atoms with Crippen LogP contribution in [0.5, 0.6) is 0 Å². The fourth-order valence-electron chi connectivity index (χ4n) is 1.31. The predicted molar refractivity (Wildman–Crippen MR) is 53.2 cm³/mol. The Hall–Kier alpha value is -1.06. The average Bonchev–Trinajstić information content (AvgIpc) is 2.47. The molecule has 0 saturated carbocycles. The van der Waals surface area contributed by atoms with Gasteiger partial charge in [-0.2, -0.15) is 0 Å². The molecular formula is C10H17NO3. The minimum Gasteiger partial charge on any atom is -0.481 e. The normalized spacial score (nSPS) is 21.6. The number of hydrogen-bond acceptors (Lipinski definition) is 3. The van der Waals surface area contributed by atoms with Crippen LogP contribution in [0.4, 0.5) is 0 Å². The Balaban J connectivity index is 2.36. The number of carbonyl (C=O) groups is 1. The second-order valence-electron chi connectivity index (χ2n) is 4.65. The molecule has 1 rings (SSSR count). The molecule has 1 N–H and O–H groups in total. The molecule has 0 aromatic rings. The molecular weight excluding hydrogens is 182 g/mol. The second-order valence-corrected chi connectivity index (χ2v) is 4.65. The van der Waals surface area contributed by atoms with Crippen LogP contribution in [0.2, 0.25) is 0 Å². The molecule has 1 atom stereocenters. The Labute approximate surface area is 83.9 Å². The second kappa shape index (κ2) is 3.98. The van der Waals surface area contributed by atoms with Crippen LogP contribution >= 0.6 is 0 Å². The van der Waals surface area contributed by atoms with Gasteiger partial charge in [0, 0.05) is 18.3 Å². The van der Waals surface area contributed by atoms with E-state index in [9.17, 15) is 4.79 Å². The predicted octanol–water partition coefficient (Wildman–Crippen LogP) is 2.04. The van der Waals surface area contributed by atoms with Gasteiger partial charge in [-0.15, -0.1) is 0 Å². The van der Waals surface area contributed by atoms with Crippen LogP contribution in [0, 0.1) is 5.41 Å². The zero-order chi connectivity index (χ0) is 10.8. The summed E-state index contributed by atoms with van der Waals surface area (Å²) in [6.45, 7) is 6.23. The van der Waals surface area contributed by atoms with Crippen LogP contribution in [0.15, 0.2) is 5.16 Å². The largest absolute Gasteiger partial charge is 0.481 e. The Morgan fingerprint density at radius 3 is 2.71 bits per heavy atom. The van der Waals surface area contributed by atoms with Gasteiger partial charge in [0.25, 0.3) is 0 Å². The van der Waals surface area contributed by atoms with Crippen LogP contribution in [0.25, 0.3) is 0 Å². The highest BCUT2D eigenvalue weighted by atomic mass is 16.6. The van der Waals surface area contributed by atoms with Crippen molar-refractivity contribution < 1.29 is 14.7 Å². The zero-order valence-electron chi connectivity index (χ0n) is 8.91. The molecule has 14 heavy (non-hydrogen) atoms. The molecule has 1 heterocycles. The van der Waals surface area contributed by atoms with Crippen LogP contribution in [-0.4, -0.2) is 22.9 Å². The highest BCUT2D eigenvalue weighted by Gasteiger charge is 2.29. The molecule has 0 fully saturated rings. The summed E-state index contributed by atoms with van der Waals surface area (Å²) >= 11 is 0. The first kappa shape index (κ1) is 11.0. The lowest BCUT2D eigenvalue weighted by Gasteiger charge is -2.16. The van der Waals surface area contributed by atoms with Crippen molar-refractivity contribution in [2.45, 2.75) is 46.1 Å². The summed E-state index contributed by atoms with van der Waals surface area (Å²) in [5.74, 6) is -0.780. The Morgan fingerprint density at radius 1 is 1.64 bits per heavy atom. The van der Waals surface area contributed by atoms with Crippen molar-refractivity contribution in [2.75, 3.05) is 0 Å². The summed E-state index contributed by atoms with van der Waals surface area (Å²) in [6, 6.07) is 0. The van der Waals surface area contributed by atoms with Crippen LogP contribution in [-0.2, 0) is 9.63 Å². The molecule has 1 unspecified atom stereocenters. The fourth-order valence-corrected chi connectivity index (χ4v) is 1.31. The summed E-state index contributed by atoms with van der Waals surface area (Å²) in [4.78, 5) is 15.5. The van der Waals surface area contributed by atoms with Gasteiger partial charge in [-0.25, -0.2) is 0 Å². The summed E-state index contributed by atoms with van der Waals surface area (Å²) in [5.41, 5.74) is 1.05. The number of oxime groups is 1. The maximum absolute atomic E-state index is 10.3. The fraction of sp³-hybridized carbons (Fsp3) is 0.800. The van der Waals surface area contributed by atoms with Crippen molar-refractivity contribution in [3.8, 4) is 0 Å². The first-order valence-electron chi connectivity index (χ1n) is 4.84. The number of nitrogens with zero attached hydrogens (tertiary/aromatic N) is 1. The van der Waals surface area contributed by atoms with E-state index < -0.39 is 5.97 Å². The number of carboxylic acid groups (broad SMARTS) is 1. The van der Waals surface area contributed by atoms with Gasteiger partial charge in [-0.05, 0) is 6.42 Å². The van der Waals surface area contributed by atoms with E-state index in [0.717, 1.165) is 12.1 Å². The van der Waals surface area contributed by atoms with Crippen LogP contribution < -0.4 is 0 Å². The van der Waals surface area contributed by atoms with E-state index >= 15 is 0 Å². The molecule has 0 spiro atoms. The molecule has 0 aliphatic carbocycles. The highest BCUT2D eigenvalue weighted by Crippen LogP contribution is 2.26. The lowest BCUT2D eigenvalue weighted by atomic mass is 9.87. The molecule has 0 aromatic carbocycles. The third-order valence-electron chi connectivity index (χ3n) is 2.28. The monoisotopic (exact) mass is 199 g/mol. The molecule has 1 aliphatic heterocycles. The van der Waals surface area contributed by atoms with Gasteiger partial charge in [0.15, 0.2) is 0 Å². The van der Waals surface area contributed by atoms with Crippen molar-refractivity contribution in [1.29, 1.82) is 0 Å². The van der Waals surface area contributed by atoms with E-state index in [1.165, 1.54) is 0 Å². The van der Waals surface area contributed by atoms with E-state index in [0.29, 0.717) is 6.42 Å². The molecule has 4 heteroatoms. The molecule has 1 aliphatic rings. The van der Waals surface area contributed by atoms with E-state index in [1.807, 2.05) is 0 Å². The molecule has 80 valence electrons. The minimum absolute atomic E-state index is 0.0258. The van der Waals surface area contributed by atoms with Gasteiger partial charge in [0.05, 0.1) is 5.71 Å². The minimum atomic E-state index is -0.780. The summed E-state index contributed by atoms with van der Waals surface area (Å²) < 4.78 is 0. The number of rotatable bonds is 3. The third-order valence-corrected chi connectivity index (χ3v) is 2.28. The van der Waals surface area contributed by atoms with Gasteiger partial charge in [-0.1, -0.05) is 25.9 Å². The average molecular weight is 199 g/mol. The molecule has 0 amide bonds. The first-order chi connectivity index (χ1) is 6.39. The van der Waals surface area contributed by atoms with E-state index in [1.54, 1.807) is 0 Å². The van der Waals surface area contributed by atoms with Crippen LogP contribution in [0.1, 0.15) is 40.0 Å². The zero-order valence-corrected chi connectivity index (χ0v) is 8.91. The standard InChI is InChI=1S/C10H17NO3/c1-10(2,3)8-6-7(14-11-8)4-5-9(12)13/h7H,4-6H2,1-3H3,(H,12,13). The Kier molecular flexibility index (Phi) is 3.13. The van der Waals surface area contributed by atoms with E-state index in [4.69, 9.17) is 9.94 Å². The molecule has 0 saturated heterocycles.